The molecule has 7 nitrogen and oxygen atoms in total. The van der Waals surface area contributed by atoms with E-state index in [-0.39, 0.29) is 43.8 Å². The summed E-state index contributed by atoms with van der Waals surface area (Å²) in [6, 6.07) is 22.5. The van der Waals surface area contributed by atoms with Gasteiger partial charge >= 0.3 is 0 Å². The average molecular weight is 619 g/mol. The highest BCUT2D eigenvalue weighted by molar-refractivity contribution is 7.92. The number of amides is 2. The molecule has 0 fully saturated rings. The van der Waals surface area contributed by atoms with E-state index < -0.39 is 16.1 Å². The first-order chi connectivity index (χ1) is 19.5. The predicted octanol–water partition coefficient (Wildman–Crippen LogP) is 6.09. The van der Waals surface area contributed by atoms with Crippen LogP contribution in [0.4, 0.5) is 5.69 Å². The second-order valence-corrected chi connectivity index (χ2v) is 12.9. The Labute approximate surface area is 253 Å². The van der Waals surface area contributed by atoms with E-state index in [1.54, 1.807) is 41.3 Å². The molecule has 0 saturated carbocycles. The van der Waals surface area contributed by atoms with Crippen molar-refractivity contribution in [1.82, 2.24) is 10.2 Å². The maximum Gasteiger partial charge on any atom is 0.243 e. The van der Waals surface area contributed by atoms with Gasteiger partial charge in [0.2, 0.25) is 21.8 Å². The van der Waals surface area contributed by atoms with Crippen LogP contribution in [-0.4, -0.2) is 50.0 Å². The second-order valence-electron chi connectivity index (χ2n) is 10.1. The second kappa shape index (κ2) is 15.2. The molecule has 41 heavy (non-hydrogen) atoms. The van der Waals surface area contributed by atoms with E-state index in [2.05, 4.69) is 5.32 Å². The quantitative estimate of drug-likeness (QED) is 0.237. The standard InChI is InChI=1S/C31H37Cl2N3O4S/c1-4-23(2)34-31(38)29(20-24-10-6-5-7-11-24)35(22-25-15-17-26(32)18-16-25)30(37)14-9-19-36(41(3,39)40)28-13-8-12-27(33)21-28/h5-8,10-13,15-18,21,23,29H,4,9,14,19-20,22H2,1-3H3,(H,34,38)/t23-,29+/m1/s1. The van der Waals surface area contributed by atoms with Crippen molar-refractivity contribution in [1.29, 1.82) is 0 Å². The lowest BCUT2D eigenvalue weighted by Gasteiger charge is -2.32. The Kier molecular flexibility index (Phi) is 12.1. The number of hydrogen-bond donors (Lipinski definition) is 1. The van der Waals surface area contributed by atoms with Gasteiger partial charge in [0.05, 0.1) is 11.9 Å². The molecule has 0 unspecified atom stereocenters. The van der Waals surface area contributed by atoms with E-state index in [1.165, 1.54) is 4.31 Å². The number of carbonyl (C=O) groups excluding carboxylic acids is 2. The fraction of sp³-hybridized carbons (Fsp3) is 0.355. The summed E-state index contributed by atoms with van der Waals surface area (Å²) >= 11 is 12.2. The number of nitrogens with one attached hydrogen (secondary N) is 1. The summed E-state index contributed by atoms with van der Waals surface area (Å²) in [5.74, 6) is -0.484. The van der Waals surface area contributed by atoms with Crippen LogP contribution >= 0.6 is 23.2 Å². The minimum atomic E-state index is -3.62. The van der Waals surface area contributed by atoms with Gasteiger partial charge in [-0.15, -0.1) is 0 Å². The summed E-state index contributed by atoms with van der Waals surface area (Å²) < 4.78 is 26.4. The van der Waals surface area contributed by atoms with Crippen LogP contribution in [0, 0.1) is 0 Å². The topological polar surface area (TPSA) is 86.8 Å². The lowest BCUT2D eigenvalue weighted by atomic mass is 10.0. The molecule has 2 amide bonds. The van der Waals surface area contributed by atoms with Crippen LogP contribution in [0.25, 0.3) is 0 Å². The van der Waals surface area contributed by atoms with Gasteiger partial charge in [0.1, 0.15) is 6.04 Å². The molecule has 1 N–H and O–H groups in total. The Morgan fingerprint density at radius 2 is 1.59 bits per heavy atom. The predicted molar refractivity (Wildman–Crippen MR) is 167 cm³/mol. The zero-order valence-electron chi connectivity index (χ0n) is 23.6. The van der Waals surface area contributed by atoms with E-state index in [9.17, 15) is 18.0 Å². The summed E-state index contributed by atoms with van der Waals surface area (Å²) in [6.07, 6.45) is 2.50. The van der Waals surface area contributed by atoms with Gasteiger partial charge in [-0.2, -0.15) is 0 Å². The third-order valence-corrected chi connectivity index (χ3v) is 8.47. The maximum absolute atomic E-state index is 13.9. The molecule has 2 atom stereocenters. The number of benzene rings is 3. The number of carbonyl (C=O) groups is 2. The molecule has 3 aromatic rings. The zero-order chi connectivity index (χ0) is 30.0. The zero-order valence-corrected chi connectivity index (χ0v) is 25.9. The van der Waals surface area contributed by atoms with Gasteiger partial charge in [-0.25, -0.2) is 8.42 Å². The van der Waals surface area contributed by atoms with E-state index in [0.29, 0.717) is 22.2 Å². The minimum absolute atomic E-state index is 0.0437. The fourth-order valence-corrected chi connectivity index (χ4v) is 5.68. The molecular weight excluding hydrogens is 581 g/mol. The lowest BCUT2D eigenvalue weighted by molar-refractivity contribution is -0.141. The molecule has 0 radical (unpaired) electrons. The van der Waals surface area contributed by atoms with Gasteiger partial charge in [-0.1, -0.05) is 78.7 Å². The number of hydrogen-bond acceptors (Lipinski definition) is 4. The van der Waals surface area contributed by atoms with Crippen molar-refractivity contribution in [3.63, 3.8) is 0 Å². The van der Waals surface area contributed by atoms with Crippen LogP contribution in [0.1, 0.15) is 44.2 Å². The first-order valence-electron chi connectivity index (χ1n) is 13.6. The number of halogens is 2. The molecule has 0 heterocycles. The maximum atomic E-state index is 13.9. The third-order valence-electron chi connectivity index (χ3n) is 6.79. The van der Waals surface area contributed by atoms with Gasteiger partial charge in [0.15, 0.2) is 0 Å². The first kappa shape index (κ1) is 32.4. The molecule has 0 aromatic heterocycles. The minimum Gasteiger partial charge on any atom is -0.352 e. The van der Waals surface area contributed by atoms with Crippen molar-refractivity contribution >= 4 is 50.7 Å². The smallest absolute Gasteiger partial charge is 0.243 e. The fourth-order valence-electron chi connectivity index (χ4n) is 4.42. The van der Waals surface area contributed by atoms with Crippen molar-refractivity contribution in [2.45, 2.75) is 58.2 Å². The third kappa shape index (κ3) is 10.1. The molecule has 0 aliphatic heterocycles. The summed E-state index contributed by atoms with van der Waals surface area (Å²) in [5.41, 5.74) is 2.18. The Balaban J connectivity index is 1.89. The first-order valence-corrected chi connectivity index (χ1v) is 16.2. The number of anilines is 1. The molecule has 0 bridgehead atoms. The van der Waals surface area contributed by atoms with E-state index in [4.69, 9.17) is 23.2 Å². The Morgan fingerprint density at radius 3 is 2.20 bits per heavy atom. The van der Waals surface area contributed by atoms with Gasteiger partial charge in [0.25, 0.3) is 0 Å². The highest BCUT2D eigenvalue weighted by atomic mass is 35.5. The molecular formula is C31H37Cl2N3O4S. The Hall–Kier alpha value is -3.07. The van der Waals surface area contributed by atoms with Gasteiger partial charge < -0.3 is 10.2 Å². The molecule has 0 spiro atoms. The molecule has 3 aromatic carbocycles. The highest BCUT2D eigenvalue weighted by Crippen LogP contribution is 2.23. The van der Waals surface area contributed by atoms with Crippen LogP contribution in [0.3, 0.4) is 0 Å². The summed E-state index contributed by atoms with van der Waals surface area (Å²) in [4.78, 5) is 29.1. The summed E-state index contributed by atoms with van der Waals surface area (Å²) in [6.45, 7) is 4.20. The van der Waals surface area contributed by atoms with Gasteiger partial charge in [0, 0.05) is 42.0 Å². The van der Waals surface area contributed by atoms with Crippen molar-refractivity contribution in [3.05, 3.63) is 100 Å². The number of rotatable bonds is 14. The molecule has 10 heteroatoms. The Morgan fingerprint density at radius 1 is 0.902 bits per heavy atom. The van der Waals surface area contributed by atoms with Crippen molar-refractivity contribution in [3.8, 4) is 0 Å². The van der Waals surface area contributed by atoms with Gasteiger partial charge in [-0.05, 0) is 61.2 Å². The van der Waals surface area contributed by atoms with Crippen molar-refractivity contribution in [2.24, 2.45) is 0 Å². The van der Waals surface area contributed by atoms with Crippen LogP contribution < -0.4 is 9.62 Å². The molecule has 0 aliphatic carbocycles. The highest BCUT2D eigenvalue weighted by Gasteiger charge is 2.31. The van der Waals surface area contributed by atoms with E-state index in [1.807, 2.05) is 56.3 Å². The lowest BCUT2D eigenvalue weighted by Crippen LogP contribution is -2.52. The van der Waals surface area contributed by atoms with E-state index in [0.717, 1.165) is 23.8 Å². The summed E-state index contributed by atoms with van der Waals surface area (Å²) in [7, 11) is -3.62. The van der Waals surface area contributed by atoms with E-state index >= 15 is 0 Å². The van der Waals surface area contributed by atoms with Gasteiger partial charge in [-0.3, -0.25) is 13.9 Å². The number of sulfonamides is 1. The average Bonchev–Trinajstić information content (AvgIpc) is 2.93. The molecule has 0 saturated heterocycles. The number of nitrogens with zero attached hydrogens (tertiary/aromatic N) is 2. The molecule has 3 rings (SSSR count). The largest absolute Gasteiger partial charge is 0.352 e. The SMILES string of the molecule is CC[C@@H](C)NC(=O)[C@H](Cc1ccccc1)N(Cc1ccc(Cl)cc1)C(=O)CCCN(c1cccc(Cl)c1)S(C)(=O)=O. The summed E-state index contributed by atoms with van der Waals surface area (Å²) in [5, 5.41) is 4.03. The van der Waals surface area contributed by atoms with Crippen LogP contribution in [0.2, 0.25) is 10.0 Å². The Bertz CT molecular complexity index is 1400. The van der Waals surface area contributed by atoms with Crippen LogP contribution in [0.5, 0.6) is 0 Å². The van der Waals surface area contributed by atoms with Crippen molar-refractivity contribution in [2.75, 3.05) is 17.1 Å². The molecule has 0 aliphatic rings. The molecule has 220 valence electrons. The van der Waals surface area contributed by atoms with Crippen molar-refractivity contribution < 1.29 is 18.0 Å². The van der Waals surface area contributed by atoms with Crippen LogP contribution in [-0.2, 0) is 32.6 Å². The normalized spacial score (nSPS) is 12.8. The monoisotopic (exact) mass is 617 g/mol. The van der Waals surface area contributed by atoms with Crippen LogP contribution in [0.15, 0.2) is 78.9 Å².